The molecule has 0 unspecified atom stereocenters. The van der Waals surface area contributed by atoms with Gasteiger partial charge in [-0.25, -0.2) is 4.68 Å². The standard InChI is InChI=1S/C18H18N4O/c23-18(21-12-13-22-17(21)10-11-19-22)9-7-15-6-8-16(20-15)14-4-2-1-3-5-14/h1-6,8,10-11,20H,7,9,12-13H2. The van der Waals surface area contributed by atoms with Crippen LogP contribution in [0.25, 0.3) is 11.3 Å². The van der Waals surface area contributed by atoms with Crippen molar-refractivity contribution in [3.8, 4) is 11.3 Å². The monoisotopic (exact) mass is 306 g/mol. The Morgan fingerprint density at radius 3 is 2.83 bits per heavy atom. The molecule has 0 atom stereocenters. The second-order valence-corrected chi connectivity index (χ2v) is 5.72. The third-order valence-electron chi connectivity index (χ3n) is 4.25. The molecule has 1 aliphatic heterocycles. The quantitative estimate of drug-likeness (QED) is 0.806. The molecule has 2 aromatic heterocycles. The van der Waals surface area contributed by atoms with Gasteiger partial charge in [0.25, 0.3) is 0 Å². The number of aryl methyl sites for hydroxylation is 1. The number of nitrogens with zero attached hydrogens (tertiary/aromatic N) is 3. The molecular weight excluding hydrogens is 288 g/mol. The van der Waals surface area contributed by atoms with E-state index in [-0.39, 0.29) is 5.91 Å². The van der Waals surface area contributed by atoms with Gasteiger partial charge in [-0.05, 0) is 24.1 Å². The second-order valence-electron chi connectivity index (χ2n) is 5.72. The minimum atomic E-state index is 0.153. The molecule has 0 radical (unpaired) electrons. The van der Waals surface area contributed by atoms with Crippen molar-refractivity contribution in [2.75, 3.05) is 11.4 Å². The lowest BCUT2D eigenvalue weighted by Gasteiger charge is -2.14. The number of nitrogens with one attached hydrogen (secondary N) is 1. The van der Waals surface area contributed by atoms with Crippen molar-refractivity contribution in [2.45, 2.75) is 19.4 Å². The van der Waals surface area contributed by atoms with E-state index in [1.807, 2.05) is 33.8 Å². The lowest BCUT2D eigenvalue weighted by Crippen LogP contribution is -2.28. The normalized spacial score (nSPS) is 13.3. The number of benzene rings is 1. The highest BCUT2D eigenvalue weighted by molar-refractivity contribution is 5.93. The van der Waals surface area contributed by atoms with Crippen LogP contribution >= 0.6 is 0 Å². The van der Waals surface area contributed by atoms with Crippen molar-refractivity contribution in [3.63, 3.8) is 0 Å². The van der Waals surface area contributed by atoms with Crippen LogP contribution in [0.2, 0.25) is 0 Å². The molecule has 1 N–H and O–H groups in total. The zero-order valence-corrected chi connectivity index (χ0v) is 12.8. The number of hydrogen-bond acceptors (Lipinski definition) is 2. The first-order valence-corrected chi connectivity index (χ1v) is 7.87. The summed E-state index contributed by atoms with van der Waals surface area (Å²) in [5.74, 6) is 1.06. The smallest absolute Gasteiger partial charge is 0.228 e. The van der Waals surface area contributed by atoms with Crippen LogP contribution in [0, 0.1) is 0 Å². The molecule has 5 heteroatoms. The summed E-state index contributed by atoms with van der Waals surface area (Å²) in [5.41, 5.74) is 3.34. The van der Waals surface area contributed by atoms with Crippen LogP contribution < -0.4 is 4.90 Å². The number of carbonyl (C=O) groups excluding carboxylic acids is 1. The number of aromatic amines is 1. The number of anilines is 1. The Morgan fingerprint density at radius 2 is 1.96 bits per heavy atom. The topological polar surface area (TPSA) is 53.9 Å². The van der Waals surface area contributed by atoms with E-state index in [4.69, 9.17) is 0 Å². The lowest BCUT2D eigenvalue weighted by atomic mass is 10.2. The van der Waals surface area contributed by atoms with E-state index in [0.29, 0.717) is 6.42 Å². The summed E-state index contributed by atoms with van der Waals surface area (Å²) >= 11 is 0. The third-order valence-corrected chi connectivity index (χ3v) is 4.25. The Kier molecular flexibility index (Phi) is 3.46. The molecule has 1 aromatic carbocycles. The van der Waals surface area contributed by atoms with Crippen molar-refractivity contribution in [3.05, 3.63) is 60.4 Å². The van der Waals surface area contributed by atoms with Gasteiger partial charge in [0.15, 0.2) is 0 Å². The van der Waals surface area contributed by atoms with Gasteiger partial charge in [-0.1, -0.05) is 30.3 Å². The number of aromatic nitrogens is 3. The number of fused-ring (bicyclic) bond motifs is 1. The lowest BCUT2D eigenvalue weighted by molar-refractivity contribution is -0.118. The summed E-state index contributed by atoms with van der Waals surface area (Å²) in [6, 6.07) is 16.2. The van der Waals surface area contributed by atoms with Crippen molar-refractivity contribution >= 4 is 11.7 Å². The molecule has 0 spiro atoms. The first-order valence-electron chi connectivity index (χ1n) is 7.87. The molecule has 1 aliphatic rings. The van der Waals surface area contributed by atoms with E-state index < -0.39 is 0 Å². The van der Waals surface area contributed by atoms with E-state index in [9.17, 15) is 4.79 Å². The number of amides is 1. The molecule has 3 heterocycles. The largest absolute Gasteiger partial charge is 0.358 e. The third kappa shape index (κ3) is 2.65. The van der Waals surface area contributed by atoms with Gasteiger partial charge in [0.1, 0.15) is 5.82 Å². The number of carbonyl (C=O) groups is 1. The first-order chi connectivity index (χ1) is 11.3. The minimum absolute atomic E-state index is 0.153. The van der Waals surface area contributed by atoms with Gasteiger partial charge in [0, 0.05) is 30.4 Å². The Labute approximate surface area is 134 Å². The Hall–Kier alpha value is -2.82. The second kappa shape index (κ2) is 5.76. The summed E-state index contributed by atoms with van der Waals surface area (Å²) in [4.78, 5) is 17.7. The highest BCUT2D eigenvalue weighted by Crippen LogP contribution is 2.22. The summed E-state index contributed by atoms with van der Waals surface area (Å²) in [6.45, 7) is 1.51. The number of rotatable bonds is 4. The Balaban J connectivity index is 1.40. The molecule has 116 valence electrons. The highest BCUT2D eigenvalue weighted by Gasteiger charge is 2.24. The van der Waals surface area contributed by atoms with Crippen LogP contribution in [-0.2, 0) is 17.8 Å². The molecular formula is C18H18N4O. The van der Waals surface area contributed by atoms with Crippen molar-refractivity contribution in [2.24, 2.45) is 0 Å². The van der Waals surface area contributed by atoms with E-state index in [0.717, 1.165) is 42.3 Å². The van der Waals surface area contributed by atoms with Gasteiger partial charge in [0.2, 0.25) is 5.91 Å². The van der Waals surface area contributed by atoms with E-state index >= 15 is 0 Å². The average molecular weight is 306 g/mol. The van der Waals surface area contributed by atoms with Gasteiger partial charge in [-0.15, -0.1) is 0 Å². The van der Waals surface area contributed by atoms with Gasteiger partial charge in [-0.2, -0.15) is 5.10 Å². The first kappa shape index (κ1) is 13.8. The average Bonchev–Trinajstić information content (AvgIpc) is 3.29. The Bertz CT molecular complexity index is 818. The van der Waals surface area contributed by atoms with Crippen LogP contribution in [0.1, 0.15) is 12.1 Å². The maximum absolute atomic E-state index is 12.4. The fourth-order valence-electron chi connectivity index (χ4n) is 3.04. The maximum Gasteiger partial charge on any atom is 0.228 e. The van der Waals surface area contributed by atoms with Crippen molar-refractivity contribution < 1.29 is 4.79 Å². The molecule has 0 saturated heterocycles. The summed E-state index contributed by atoms with van der Waals surface area (Å²) in [6.07, 6.45) is 2.96. The molecule has 0 fully saturated rings. The zero-order chi connectivity index (χ0) is 15.6. The van der Waals surface area contributed by atoms with Crippen molar-refractivity contribution in [1.29, 1.82) is 0 Å². The molecule has 4 rings (SSSR count). The molecule has 0 bridgehead atoms. The predicted molar refractivity (Wildman–Crippen MR) is 89.1 cm³/mol. The predicted octanol–water partition coefficient (Wildman–Crippen LogP) is 2.86. The zero-order valence-electron chi connectivity index (χ0n) is 12.8. The fourth-order valence-corrected chi connectivity index (χ4v) is 3.04. The van der Waals surface area contributed by atoms with Gasteiger partial charge >= 0.3 is 0 Å². The van der Waals surface area contributed by atoms with Crippen LogP contribution in [-0.4, -0.2) is 27.2 Å². The van der Waals surface area contributed by atoms with Crippen LogP contribution in [0.15, 0.2) is 54.7 Å². The van der Waals surface area contributed by atoms with Gasteiger partial charge in [0.05, 0.1) is 12.7 Å². The number of H-pyrrole nitrogens is 1. The summed E-state index contributed by atoms with van der Waals surface area (Å²) in [5, 5.41) is 4.20. The van der Waals surface area contributed by atoms with Crippen molar-refractivity contribution in [1.82, 2.24) is 14.8 Å². The van der Waals surface area contributed by atoms with Crippen LogP contribution in [0.5, 0.6) is 0 Å². The number of hydrogen-bond donors (Lipinski definition) is 1. The molecule has 23 heavy (non-hydrogen) atoms. The highest BCUT2D eigenvalue weighted by atomic mass is 16.2. The van der Waals surface area contributed by atoms with Crippen LogP contribution in [0.4, 0.5) is 5.82 Å². The van der Waals surface area contributed by atoms with Gasteiger partial charge in [-0.3, -0.25) is 9.69 Å². The fraction of sp³-hybridized carbons (Fsp3) is 0.222. The molecule has 3 aromatic rings. The van der Waals surface area contributed by atoms with Crippen LogP contribution in [0.3, 0.4) is 0 Å². The van der Waals surface area contributed by atoms with Gasteiger partial charge < -0.3 is 4.98 Å². The Morgan fingerprint density at radius 1 is 1.09 bits per heavy atom. The minimum Gasteiger partial charge on any atom is -0.358 e. The van der Waals surface area contributed by atoms with E-state index in [1.54, 1.807) is 6.20 Å². The summed E-state index contributed by atoms with van der Waals surface area (Å²) in [7, 11) is 0. The molecule has 1 amide bonds. The van der Waals surface area contributed by atoms with E-state index in [1.165, 1.54) is 0 Å². The van der Waals surface area contributed by atoms with E-state index in [2.05, 4.69) is 34.3 Å². The molecule has 5 nitrogen and oxygen atoms in total. The molecule has 0 aliphatic carbocycles. The maximum atomic E-state index is 12.4. The SMILES string of the molecule is O=C(CCc1ccc(-c2ccccc2)[nH]1)N1CCn2nccc21. The molecule has 0 saturated carbocycles. The summed E-state index contributed by atoms with van der Waals surface area (Å²) < 4.78 is 1.88.